The summed E-state index contributed by atoms with van der Waals surface area (Å²) in [7, 11) is 0. The molecule has 0 atom stereocenters. The summed E-state index contributed by atoms with van der Waals surface area (Å²) in [6, 6.07) is 3.63. The van der Waals surface area contributed by atoms with Crippen molar-refractivity contribution in [3.8, 4) is 0 Å². The van der Waals surface area contributed by atoms with Crippen molar-refractivity contribution in [2.75, 3.05) is 6.54 Å². The number of halogens is 3. The van der Waals surface area contributed by atoms with E-state index in [1.165, 1.54) is 23.4 Å². The fourth-order valence-electron chi connectivity index (χ4n) is 2.45. The average Bonchev–Trinajstić information content (AvgIpc) is 3.13. The van der Waals surface area contributed by atoms with Crippen molar-refractivity contribution in [3.63, 3.8) is 0 Å². The highest BCUT2D eigenvalue weighted by Gasteiger charge is 2.21. The average molecular weight is 465 g/mol. The molecule has 0 fully saturated rings. The molecule has 0 saturated heterocycles. The Labute approximate surface area is 187 Å². The lowest BCUT2D eigenvalue weighted by atomic mass is 10.2. The van der Waals surface area contributed by atoms with Crippen LogP contribution in [0.3, 0.4) is 0 Å². The van der Waals surface area contributed by atoms with E-state index in [-0.39, 0.29) is 24.2 Å². The number of aromatic nitrogens is 2. The molecule has 2 aromatic heterocycles. The summed E-state index contributed by atoms with van der Waals surface area (Å²) in [6.45, 7) is 5.64. The number of nitrogens with zero attached hydrogens (tertiary/aromatic N) is 3. The molecule has 2 rings (SSSR count). The number of aryl methyl sites for hydroxylation is 1. The van der Waals surface area contributed by atoms with E-state index < -0.39 is 6.18 Å². The van der Waals surface area contributed by atoms with E-state index in [4.69, 9.17) is 11.6 Å². The van der Waals surface area contributed by atoms with Crippen molar-refractivity contribution in [2.24, 2.45) is 11.6 Å². The molecule has 0 saturated carbocycles. The Balaban J connectivity index is 2.04. The van der Waals surface area contributed by atoms with Gasteiger partial charge in [-0.05, 0) is 24.1 Å². The Morgan fingerprint density at radius 1 is 1.41 bits per heavy atom. The maximum atomic E-state index is 12.5. The van der Waals surface area contributed by atoms with Gasteiger partial charge < -0.3 is 16.1 Å². The molecule has 32 heavy (non-hydrogen) atoms. The predicted molar refractivity (Wildman–Crippen MR) is 119 cm³/mol. The SMILES string of the molecule is C=C/C(=C\C=C\C(F)(F)F)CN(N)/C=C(\N)c1nc(C)c(C(=O)NCc2cccnc2)s1. The van der Waals surface area contributed by atoms with Crippen molar-refractivity contribution in [1.29, 1.82) is 0 Å². The first kappa shape index (κ1) is 24.8. The minimum Gasteiger partial charge on any atom is -0.395 e. The maximum Gasteiger partial charge on any atom is 0.409 e. The minimum absolute atomic E-state index is 0.0647. The number of nitrogens with two attached hydrogens (primary N) is 2. The van der Waals surface area contributed by atoms with Crippen molar-refractivity contribution in [2.45, 2.75) is 19.6 Å². The van der Waals surface area contributed by atoms with Crippen LogP contribution in [0.5, 0.6) is 0 Å². The van der Waals surface area contributed by atoms with E-state index in [1.807, 2.05) is 6.07 Å². The molecule has 5 N–H and O–H groups in total. The van der Waals surface area contributed by atoms with Crippen LogP contribution < -0.4 is 16.9 Å². The van der Waals surface area contributed by atoms with Crippen LogP contribution in [0, 0.1) is 6.92 Å². The van der Waals surface area contributed by atoms with E-state index in [9.17, 15) is 18.0 Å². The molecule has 11 heteroatoms. The lowest BCUT2D eigenvalue weighted by Gasteiger charge is -2.15. The third-order valence-corrected chi connectivity index (χ3v) is 5.16. The van der Waals surface area contributed by atoms with Gasteiger partial charge in [-0.3, -0.25) is 9.78 Å². The van der Waals surface area contributed by atoms with E-state index in [0.29, 0.717) is 27.7 Å². The van der Waals surface area contributed by atoms with Gasteiger partial charge in [-0.25, -0.2) is 10.8 Å². The standard InChI is InChI=1S/C21H23F3N6OS/c1-3-15(6-4-8-21(22,23)24)12-30(26)13-17(25)20-29-14(2)18(32-20)19(31)28-11-16-7-5-9-27-10-16/h3-10,13H,1,11-12,25-26H2,2H3,(H,28,31)/b8-4+,15-6+,17-13-. The first-order valence-corrected chi connectivity index (χ1v) is 10.1. The molecular weight excluding hydrogens is 441 g/mol. The van der Waals surface area contributed by atoms with E-state index in [1.54, 1.807) is 25.4 Å². The van der Waals surface area contributed by atoms with Crippen molar-refractivity contribution in [1.82, 2.24) is 20.3 Å². The van der Waals surface area contributed by atoms with Gasteiger partial charge in [-0.2, -0.15) is 13.2 Å². The van der Waals surface area contributed by atoms with Gasteiger partial charge in [-0.15, -0.1) is 11.3 Å². The number of rotatable bonds is 9. The predicted octanol–water partition coefficient (Wildman–Crippen LogP) is 3.44. The number of amides is 1. The van der Waals surface area contributed by atoms with Crippen LogP contribution in [0.2, 0.25) is 0 Å². The molecule has 0 aromatic carbocycles. The summed E-state index contributed by atoms with van der Waals surface area (Å²) in [5.74, 6) is 5.61. The van der Waals surface area contributed by atoms with Gasteiger partial charge in [0, 0.05) is 31.2 Å². The summed E-state index contributed by atoms with van der Waals surface area (Å²) in [6.07, 6.45) is 3.92. The Hall–Kier alpha value is -3.44. The summed E-state index contributed by atoms with van der Waals surface area (Å²) in [4.78, 5) is 21.2. The summed E-state index contributed by atoms with van der Waals surface area (Å²) >= 11 is 1.11. The second kappa shape index (κ2) is 11.3. The number of hydrogen-bond acceptors (Lipinski definition) is 7. The normalized spacial score (nSPS) is 12.8. The quantitative estimate of drug-likeness (QED) is 0.298. The van der Waals surface area contributed by atoms with Crippen LogP contribution in [0.15, 0.2) is 67.2 Å². The number of hydrogen-bond donors (Lipinski definition) is 3. The second-order valence-corrected chi connectivity index (χ2v) is 7.58. The molecular formula is C21H23F3N6OS. The lowest BCUT2D eigenvalue weighted by molar-refractivity contribution is -0.0798. The Morgan fingerprint density at radius 2 is 2.16 bits per heavy atom. The highest BCUT2D eigenvalue weighted by Crippen LogP contribution is 2.22. The Kier molecular flexibility index (Phi) is 8.73. The van der Waals surface area contributed by atoms with Crippen molar-refractivity contribution >= 4 is 22.9 Å². The van der Waals surface area contributed by atoms with Gasteiger partial charge in [0.2, 0.25) is 0 Å². The van der Waals surface area contributed by atoms with Gasteiger partial charge in [0.15, 0.2) is 0 Å². The molecule has 0 aliphatic carbocycles. The topological polar surface area (TPSA) is 110 Å². The van der Waals surface area contributed by atoms with Gasteiger partial charge in [0.1, 0.15) is 9.88 Å². The lowest BCUT2D eigenvalue weighted by Crippen LogP contribution is -2.28. The number of alkyl halides is 3. The number of thiazole rings is 1. The third kappa shape index (κ3) is 8.00. The molecule has 1 amide bonds. The van der Waals surface area contributed by atoms with E-state index >= 15 is 0 Å². The first-order valence-electron chi connectivity index (χ1n) is 9.30. The fourth-order valence-corrected chi connectivity index (χ4v) is 3.36. The van der Waals surface area contributed by atoms with Crippen molar-refractivity contribution < 1.29 is 18.0 Å². The number of carbonyl (C=O) groups excluding carboxylic acids is 1. The summed E-state index contributed by atoms with van der Waals surface area (Å²) in [5.41, 5.74) is 8.08. The largest absolute Gasteiger partial charge is 0.409 e. The Morgan fingerprint density at radius 3 is 2.78 bits per heavy atom. The summed E-state index contributed by atoms with van der Waals surface area (Å²) in [5, 5.41) is 4.40. The van der Waals surface area contributed by atoms with Gasteiger partial charge in [0.05, 0.1) is 17.9 Å². The number of carbonyl (C=O) groups is 1. The molecule has 0 aliphatic rings. The number of hydrazine groups is 1. The van der Waals surface area contributed by atoms with Crippen LogP contribution >= 0.6 is 11.3 Å². The summed E-state index contributed by atoms with van der Waals surface area (Å²) < 4.78 is 36.7. The van der Waals surface area contributed by atoms with Crippen LogP contribution in [0.1, 0.15) is 25.9 Å². The molecule has 2 aromatic rings. The van der Waals surface area contributed by atoms with Gasteiger partial charge in [-0.1, -0.05) is 30.9 Å². The molecule has 2 heterocycles. The third-order valence-electron chi connectivity index (χ3n) is 3.95. The van der Waals surface area contributed by atoms with Crippen LogP contribution in [0.4, 0.5) is 13.2 Å². The van der Waals surface area contributed by atoms with Crippen LogP contribution in [0.25, 0.3) is 5.70 Å². The zero-order valence-corrected chi connectivity index (χ0v) is 18.1. The van der Waals surface area contributed by atoms with Crippen LogP contribution in [-0.2, 0) is 6.54 Å². The van der Waals surface area contributed by atoms with Gasteiger partial charge in [0.25, 0.3) is 5.91 Å². The smallest absolute Gasteiger partial charge is 0.395 e. The van der Waals surface area contributed by atoms with Crippen molar-refractivity contribution in [3.05, 3.63) is 88.3 Å². The number of nitrogens with one attached hydrogen (secondary N) is 1. The zero-order valence-electron chi connectivity index (χ0n) is 17.3. The van der Waals surface area contributed by atoms with E-state index in [0.717, 1.165) is 23.0 Å². The number of allylic oxidation sites excluding steroid dienone is 3. The van der Waals surface area contributed by atoms with Gasteiger partial charge >= 0.3 is 6.18 Å². The Bertz CT molecular complexity index is 1030. The molecule has 0 bridgehead atoms. The maximum absolute atomic E-state index is 12.5. The zero-order chi connectivity index (χ0) is 23.7. The fraction of sp³-hybridized carbons (Fsp3) is 0.190. The molecule has 170 valence electrons. The molecule has 0 unspecified atom stereocenters. The molecule has 0 aliphatic heterocycles. The second-order valence-electron chi connectivity index (χ2n) is 6.58. The molecule has 7 nitrogen and oxygen atoms in total. The first-order chi connectivity index (χ1) is 15.1. The minimum atomic E-state index is -4.40. The number of pyridine rings is 1. The molecule has 0 spiro atoms. The highest BCUT2D eigenvalue weighted by molar-refractivity contribution is 7.14. The molecule has 0 radical (unpaired) electrons. The monoisotopic (exact) mass is 464 g/mol. The van der Waals surface area contributed by atoms with E-state index in [2.05, 4.69) is 21.9 Å². The highest BCUT2D eigenvalue weighted by atomic mass is 32.1. The van der Waals surface area contributed by atoms with Crippen LogP contribution in [-0.4, -0.2) is 33.6 Å².